The van der Waals surface area contributed by atoms with Crippen LogP contribution in [0.25, 0.3) is 0 Å². The van der Waals surface area contributed by atoms with Gasteiger partial charge in [-0.05, 0) is 49.2 Å². The summed E-state index contributed by atoms with van der Waals surface area (Å²) in [6, 6.07) is 0.302. The Labute approximate surface area is 120 Å². The zero-order valence-electron chi connectivity index (χ0n) is 12.1. The second-order valence-corrected chi connectivity index (χ2v) is 6.57. The minimum atomic E-state index is 0.302. The summed E-state index contributed by atoms with van der Waals surface area (Å²) in [6.07, 6.45) is 9.18. The van der Waals surface area contributed by atoms with Gasteiger partial charge in [-0.1, -0.05) is 19.3 Å². The number of nitrogens with zero attached hydrogens (tertiary/aromatic N) is 3. The summed E-state index contributed by atoms with van der Waals surface area (Å²) in [5, 5.41) is 7.83. The van der Waals surface area contributed by atoms with Crippen molar-refractivity contribution in [1.82, 2.24) is 15.5 Å². The second kappa shape index (κ2) is 5.35. The van der Waals surface area contributed by atoms with Gasteiger partial charge in [-0.15, -0.1) is 0 Å². The Kier molecular flexibility index (Phi) is 3.38. The van der Waals surface area contributed by atoms with Crippen LogP contribution in [0.2, 0.25) is 0 Å². The molecule has 110 valence electrons. The maximum atomic E-state index is 5.59. The average Bonchev–Trinajstić information content (AvgIpc) is 3.12. The Hall–Kier alpha value is -1.10. The van der Waals surface area contributed by atoms with E-state index in [0.717, 1.165) is 37.4 Å². The van der Waals surface area contributed by atoms with Gasteiger partial charge in [0.05, 0.1) is 6.04 Å². The molecule has 3 unspecified atom stereocenters. The summed E-state index contributed by atoms with van der Waals surface area (Å²) in [6.45, 7) is 3.27. The molecule has 20 heavy (non-hydrogen) atoms. The van der Waals surface area contributed by atoms with Crippen molar-refractivity contribution in [3.63, 3.8) is 0 Å². The van der Waals surface area contributed by atoms with Crippen LogP contribution in [0.5, 0.6) is 0 Å². The van der Waals surface area contributed by atoms with Crippen LogP contribution in [0.3, 0.4) is 0 Å². The van der Waals surface area contributed by atoms with Gasteiger partial charge >= 0.3 is 0 Å². The first-order valence-corrected chi connectivity index (χ1v) is 8.24. The Morgan fingerprint density at radius 2 is 1.90 bits per heavy atom. The fourth-order valence-electron chi connectivity index (χ4n) is 4.21. The molecule has 5 heteroatoms. The van der Waals surface area contributed by atoms with Crippen LogP contribution < -0.4 is 10.2 Å². The molecule has 1 aromatic heterocycles. The Balaban J connectivity index is 1.50. The van der Waals surface area contributed by atoms with Crippen molar-refractivity contribution in [3.8, 4) is 0 Å². The highest BCUT2D eigenvalue weighted by Gasteiger charge is 2.42. The van der Waals surface area contributed by atoms with E-state index in [9.17, 15) is 0 Å². The summed E-state index contributed by atoms with van der Waals surface area (Å²) >= 11 is 0. The largest absolute Gasteiger partial charge is 0.338 e. The molecule has 1 aromatic rings. The van der Waals surface area contributed by atoms with Gasteiger partial charge in [0, 0.05) is 13.1 Å². The third-order valence-electron chi connectivity index (χ3n) is 5.33. The Morgan fingerprint density at radius 3 is 2.75 bits per heavy atom. The van der Waals surface area contributed by atoms with Crippen molar-refractivity contribution in [3.05, 3.63) is 5.89 Å². The van der Waals surface area contributed by atoms with E-state index in [1.807, 2.05) is 0 Å². The Morgan fingerprint density at radius 1 is 1.05 bits per heavy atom. The number of hydrogen-bond donors (Lipinski definition) is 1. The predicted octanol–water partition coefficient (Wildman–Crippen LogP) is 2.51. The summed E-state index contributed by atoms with van der Waals surface area (Å²) in [5.74, 6) is 3.17. The fraction of sp³-hybridized carbons (Fsp3) is 0.867. The lowest BCUT2D eigenvalue weighted by Crippen LogP contribution is -2.25. The lowest BCUT2D eigenvalue weighted by molar-refractivity contribution is 0.302. The van der Waals surface area contributed by atoms with Crippen molar-refractivity contribution in [2.45, 2.75) is 51.0 Å². The summed E-state index contributed by atoms with van der Waals surface area (Å²) in [5.41, 5.74) is 0. The van der Waals surface area contributed by atoms with E-state index in [1.54, 1.807) is 0 Å². The van der Waals surface area contributed by atoms with Crippen molar-refractivity contribution in [1.29, 1.82) is 0 Å². The van der Waals surface area contributed by atoms with E-state index < -0.39 is 0 Å². The highest BCUT2D eigenvalue weighted by atomic mass is 16.5. The number of fused-ring (bicyclic) bond motifs is 1. The maximum Gasteiger partial charge on any atom is 0.266 e. The first kappa shape index (κ1) is 12.6. The summed E-state index contributed by atoms with van der Waals surface area (Å²) < 4.78 is 5.59. The smallest absolute Gasteiger partial charge is 0.266 e. The molecule has 2 aliphatic heterocycles. The molecule has 2 saturated heterocycles. The van der Waals surface area contributed by atoms with Gasteiger partial charge < -0.3 is 14.7 Å². The standard InChI is InChI=1S/C15H24N4O/c1-2-4-9-19(8-3-1)15-17-14(20-18-15)13-12-7-5-6-11(12)10-16-13/h11-13,16H,1-10H2. The third-order valence-corrected chi connectivity index (χ3v) is 5.33. The van der Waals surface area contributed by atoms with Gasteiger partial charge in [0.1, 0.15) is 0 Å². The van der Waals surface area contributed by atoms with Gasteiger partial charge in [0.2, 0.25) is 5.89 Å². The molecule has 4 rings (SSSR count). The van der Waals surface area contributed by atoms with Crippen molar-refractivity contribution < 1.29 is 4.52 Å². The first-order valence-electron chi connectivity index (χ1n) is 8.24. The van der Waals surface area contributed by atoms with E-state index in [0.29, 0.717) is 12.0 Å². The zero-order valence-corrected chi connectivity index (χ0v) is 12.1. The van der Waals surface area contributed by atoms with Crippen molar-refractivity contribution >= 4 is 5.95 Å². The molecular weight excluding hydrogens is 252 g/mol. The van der Waals surface area contributed by atoms with Crippen LogP contribution in [0.4, 0.5) is 5.95 Å². The average molecular weight is 276 g/mol. The molecule has 1 N–H and O–H groups in total. The number of nitrogens with one attached hydrogen (secondary N) is 1. The molecule has 3 fully saturated rings. The van der Waals surface area contributed by atoms with Gasteiger partial charge in [0.25, 0.3) is 5.95 Å². The molecule has 3 heterocycles. The highest BCUT2D eigenvalue weighted by molar-refractivity contribution is 5.28. The second-order valence-electron chi connectivity index (χ2n) is 6.57. The molecule has 3 atom stereocenters. The molecule has 0 spiro atoms. The van der Waals surface area contributed by atoms with Crippen LogP contribution in [-0.4, -0.2) is 29.8 Å². The Bertz CT molecular complexity index is 452. The van der Waals surface area contributed by atoms with E-state index >= 15 is 0 Å². The minimum absolute atomic E-state index is 0.302. The van der Waals surface area contributed by atoms with Crippen LogP contribution in [-0.2, 0) is 0 Å². The van der Waals surface area contributed by atoms with Crippen LogP contribution in [0.1, 0.15) is 56.9 Å². The van der Waals surface area contributed by atoms with Gasteiger partial charge in [0.15, 0.2) is 0 Å². The normalized spacial score (nSPS) is 34.2. The first-order chi connectivity index (χ1) is 9.92. The molecule has 5 nitrogen and oxygen atoms in total. The predicted molar refractivity (Wildman–Crippen MR) is 76.6 cm³/mol. The van der Waals surface area contributed by atoms with Crippen LogP contribution in [0.15, 0.2) is 4.52 Å². The number of anilines is 1. The quantitative estimate of drug-likeness (QED) is 0.899. The molecule has 3 aliphatic rings. The van der Waals surface area contributed by atoms with Gasteiger partial charge in [-0.3, -0.25) is 0 Å². The molecular formula is C15H24N4O. The van der Waals surface area contributed by atoms with E-state index in [-0.39, 0.29) is 0 Å². The lowest BCUT2D eigenvalue weighted by atomic mass is 9.94. The van der Waals surface area contributed by atoms with Crippen molar-refractivity contribution in [2.24, 2.45) is 11.8 Å². The lowest BCUT2D eigenvalue weighted by Gasteiger charge is -2.17. The van der Waals surface area contributed by atoms with E-state index in [1.165, 1.54) is 44.9 Å². The fourth-order valence-corrected chi connectivity index (χ4v) is 4.21. The van der Waals surface area contributed by atoms with Gasteiger partial charge in [-0.2, -0.15) is 4.98 Å². The van der Waals surface area contributed by atoms with Crippen molar-refractivity contribution in [2.75, 3.05) is 24.5 Å². The number of hydrogen-bond acceptors (Lipinski definition) is 5. The van der Waals surface area contributed by atoms with Gasteiger partial charge in [-0.25, -0.2) is 0 Å². The topological polar surface area (TPSA) is 54.2 Å². The SMILES string of the molecule is C1CCCN(c2noc(C3NCC4CCCC43)n2)CC1. The minimum Gasteiger partial charge on any atom is -0.338 e. The maximum absolute atomic E-state index is 5.59. The highest BCUT2D eigenvalue weighted by Crippen LogP contribution is 2.44. The van der Waals surface area contributed by atoms with E-state index in [4.69, 9.17) is 9.51 Å². The molecule has 1 saturated carbocycles. The summed E-state index contributed by atoms with van der Waals surface area (Å²) in [4.78, 5) is 7.00. The van der Waals surface area contributed by atoms with Crippen LogP contribution in [0, 0.1) is 11.8 Å². The number of aromatic nitrogens is 2. The van der Waals surface area contributed by atoms with E-state index in [2.05, 4.69) is 15.4 Å². The third kappa shape index (κ3) is 2.22. The zero-order chi connectivity index (χ0) is 13.4. The van der Waals surface area contributed by atoms with Crippen LogP contribution >= 0.6 is 0 Å². The monoisotopic (exact) mass is 276 g/mol. The summed E-state index contributed by atoms with van der Waals surface area (Å²) in [7, 11) is 0. The molecule has 1 aliphatic carbocycles. The molecule has 0 aromatic carbocycles. The molecule has 0 bridgehead atoms. The molecule has 0 amide bonds. The number of rotatable bonds is 2. The molecule has 0 radical (unpaired) electrons.